The molecule has 0 N–H and O–H groups in total. The SMILES string of the molecule is CON=C1C[C@@]2(C)C(CC[C@@H]2[C@H](C)O[Si](C)(C)C)C2CC=C3C[C@@H](O[Si](C)(C)C)CC[C@]3(C)C12. The maximum atomic E-state index is 6.67. The van der Waals surface area contributed by atoms with Gasteiger partial charge in [-0.2, -0.15) is 0 Å². The Hall–Kier alpha value is -0.436. The molecular weight excluding hydrogens is 454 g/mol. The molecule has 0 bridgehead atoms. The maximum absolute atomic E-state index is 6.67. The lowest BCUT2D eigenvalue weighted by atomic mass is 9.46. The molecule has 4 aliphatic rings. The minimum absolute atomic E-state index is 0.194. The lowest BCUT2D eigenvalue weighted by Crippen LogP contribution is -2.56. The van der Waals surface area contributed by atoms with Crippen molar-refractivity contribution in [3.63, 3.8) is 0 Å². The Morgan fingerprint density at radius 1 is 1.03 bits per heavy atom. The van der Waals surface area contributed by atoms with Crippen LogP contribution < -0.4 is 0 Å². The van der Waals surface area contributed by atoms with Gasteiger partial charge in [-0.3, -0.25) is 0 Å². The molecule has 3 saturated carbocycles. The Labute approximate surface area is 211 Å². The van der Waals surface area contributed by atoms with Gasteiger partial charge in [-0.25, -0.2) is 0 Å². The van der Waals surface area contributed by atoms with Crippen LogP contribution in [0.1, 0.15) is 65.7 Å². The number of rotatable bonds is 6. The zero-order valence-electron chi connectivity index (χ0n) is 23.7. The van der Waals surface area contributed by atoms with E-state index in [1.54, 1.807) is 12.7 Å². The Morgan fingerprint density at radius 2 is 1.74 bits per heavy atom. The van der Waals surface area contributed by atoms with E-state index in [0.717, 1.165) is 18.8 Å². The first-order chi connectivity index (χ1) is 15.7. The van der Waals surface area contributed by atoms with Gasteiger partial charge in [-0.05, 0) is 120 Å². The summed E-state index contributed by atoms with van der Waals surface area (Å²) in [6.45, 7) is 21.4. The van der Waals surface area contributed by atoms with Crippen molar-refractivity contribution in [1.29, 1.82) is 0 Å². The molecule has 4 rings (SSSR count). The van der Waals surface area contributed by atoms with Gasteiger partial charge >= 0.3 is 0 Å². The Balaban J connectivity index is 1.64. The molecule has 0 amide bonds. The third-order valence-electron chi connectivity index (χ3n) is 9.67. The molecule has 4 aliphatic carbocycles. The normalized spacial score (nSPS) is 42.5. The molecule has 0 aromatic carbocycles. The van der Waals surface area contributed by atoms with Crippen molar-refractivity contribution < 1.29 is 13.7 Å². The Kier molecular flexibility index (Phi) is 7.16. The van der Waals surface area contributed by atoms with E-state index in [-0.39, 0.29) is 10.8 Å². The number of nitrogens with zero attached hydrogens (tertiary/aromatic N) is 1. The summed E-state index contributed by atoms with van der Waals surface area (Å²) in [4.78, 5) is 5.54. The third kappa shape index (κ3) is 4.90. The highest BCUT2D eigenvalue weighted by Crippen LogP contribution is 2.66. The van der Waals surface area contributed by atoms with Crippen LogP contribution in [0.5, 0.6) is 0 Å². The lowest BCUT2D eigenvalue weighted by Gasteiger charge is -2.58. The number of fused-ring (bicyclic) bond motifs is 5. The predicted octanol–water partition coefficient (Wildman–Crippen LogP) is 7.64. The Bertz CT molecular complexity index is 828. The summed E-state index contributed by atoms with van der Waals surface area (Å²) >= 11 is 0. The van der Waals surface area contributed by atoms with Crippen LogP contribution in [-0.2, 0) is 13.7 Å². The van der Waals surface area contributed by atoms with Crippen LogP contribution in [0.3, 0.4) is 0 Å². The second-order valence-corrected chi connectivity index (χ2v) is 23.2. The van der Waals surface area contributed by atoms with Gasteiger partial charge in [0.1, 0.15) is 7.11 Å². The summed E-state index contributed by atoms with van der Waals surface area (Å²) < 4.78 is 13.3. The molecule has 3 unspecified atom stereocenters. The van der Waals surface area contributed by atoms with E-state index in [1.807, 2.05) is 0 Å². The highest BCUT2D eigenvalue weighted by atomic mass is 28.4. The molecule has 8 atom stereocenters. The van der Waals surface area contributed by atoms with Crippen LogP contribution in [0.2, 0.25) is 39.3 Å². The van der Waals surface area contributed by atoms with Gasteiger partial charge in [0.2, 0.25) is 0 Å². The minimum Gasteiger partial charge on any atom is -0.415 e. The summed E-state index contributed by atoms with van der Waals surface area (Å²) in [5, 5.41) is 4.79. The number of hydrogen-bond donors (Lipinski definition) is 0. The van der Waals surface area contributed by atoms with Crippen LogP contribution in [0.25, 0.3) is 0 Å². The zero-order chi connectivity index (χ0) is 25.1. The van der Waals surface area contributed by atoms with Crippen molar-refractivity contribution in [3.8, 4) is 0 Å². The molecule has 0 heterocycles. The standard InChI is InChI=1S/C28H51NO3Si2/c1-19(31-33(5,6)7)23-13-14-24-22-12-11-20-17-21(32-34(8,9)10)15-16-27(20,2)26(22)25(29-30-4)18-28(23,24)3/h11,19,21-24,26H,12-18H2,1-10H3/t19-,21-,22?,23+,24?,26?,27-,28+/m0/s1. The number of allylic oxidation sites excluding steroid dienone is 1. The predicted molar refractivity (Wildman–Crippen MR) is 147 cm³/mol. The van der Waals surface area contributed by atoms with E-state index in [2.05, 4.69) is 66.1 Å². The highest BCUT2D eigenvalue weighted by molar-refractivity contribution is 6.70. The molecule has 6 heteroatoms. The van der Waals surface area contributed by atoms with Crippen LogP contribution in [0.15, 0.2) is 16.8 Å². The molecule has 0 radical (unpaired) electrons. The lowest BCUT2D eigenvalue weighted by molar-refractivity contribution is -0.0145. The first kappa shape index (κ1) is 26.6. The highest BCUT2D eigenvalue weighted by Gasteiger charge is 2.62. The van der Waals surface area contributed by atoms with Crippen molar-refractivity contribution in [3.05, 3.63) is 11.6 Å². The van der Waals surface area contributed by atoms with Gasteiger partial charge in [-0.1, -0.05) is 30.7 Å². The molecule has 194 valence electrons. The maximum Gasteiger partial charge on any atom is 0.184 e. The van der Waals surface area contributed by atoms with Gasteiger partial charge < -0.3 is 13.7 Å². The van der Waals surface area contributed by atoms with E-state index >= 15 is 0 Å². The van der Waals surface area contributed by atoms with Crippen molar-refractivity contribution in [2.24, 2.45) is 39.7 Å². The van der Waals surface area contributed by atoms with E-state index in [4.69, 9.17) is 18.8 Å². The molecule has 0 saturated heterocycles. The van der Waals surface area contributed by atoms with Crippen molar-refractivity contribution in [1.82, 2.24) is 0 Å². The van der Waals surface area contributed by atoms with Crippen molar-refractivity contribution in [2.45, 2.75) is 117 Å². The fourth-order valence-electron chi connectivity index (χ4n) is 8.75. The average molecular weight is 506 g/mol. The molecule has 3 fully saturated rings. The van der Waals surface area contributed by atoms with Crippen LogP contribution in [0.4, 0.5) is 0 Å². The quantitative estimate of drug-likeness (QED) is 0.211. The van der Waals surface area contributed by atoms with Crippen molar-refractivity contribution in [2.75, 3.05) is 7.11 Å². The molecule has 0 aliphatic heterocycles. The fourth-order valence-corrected chi connectivity index (χ4v) is 11.2. The fraction of sp³-hybridized carbons (Fsp3) is 0.893. The van der Waals surface area contributed by atoms with Gasteiger partial charge in [0.15, 0.2) is 16.6 Å². The first-order valence-electron chi connectivity index (χ1n) is 13.8. The second-order valence-electron chi connectivity index (χ2n) is 14.3. The Morgan fingerprint density at radius 3 is 2.35 bits per heavy atom. The molecule has 34 heavy (non-hydrogen) atoms. The molecule has 4 nitrogen and oxygen atoms in total. The second kappa shape index (κ2) is 9.14. The number of hydrogen-bond acceptors (Lipinski definition) is 4. The summed E-state index contributed by atoms with van der Waals surface area (Å²) in [5.74, 6) is 2.52. The summed E-state index contributed by atoms with van der Waals surface area (Å²) in [5.41, 5.74) is 3.41. The molecule has 0 spiro atoms. The van der Waals surface area contributed by atoms with Gasteiger partial charge in [0.25, 0.3) is 0 Å². The van der Waals surface area contributed by atoms with Crippen LogP contribution in [0, 0.1) is 34.5 Å². The van der Waals surface area contributed by atoms with Crippen LogP contribution >= 0.6 is 0 Å². The largest absolute Gasteiger partial charge is 0.415 e. The summed E-state index contributed by atoms with van der Waals surface area (Å²) in [6.07, 6.45) is 11.7. The molecule has 0 aromatic heterocycles. The third-order valence-corrected chi connectivity index (χ3v) is 11.8. The van der Waals surface area contributed by atoms with Gasteiger partial charge in [0.05, 0.1) is 5.71 Å². The monoisotopic (exact) mass is 505 g/mol. The van der Waals surface area contributed by atoms with Crippen LogP contribution in [-0.4, -0.2) is 41.7 Å². The van der Waals surface area contributed by atoms with Crippen molar-refractivity contribution >= 4 is 22.3 Å². The molecule has 0 aromatic rings. The van der Waals surface area contributed by atoms with E-state index in [0.29, 0.717) is 30.0 Å². The summed E-state index contributed by atoms with van der Waals surface area (Å²) in [7, 11) is -1.37. The van der Waals surface area contributed by atoms with E-state index in [1.165, 1.54) is 37.8 Å². The smallest absolute Gasteiger partial charge is 0.184 e. The van der Waals surface area contributed by atoms with E-state index in [9.17, 15) is 0 Å². The molecular formula is C28H51NO3Si2. The average Bonchev–Trinajstić information content (AvgIpc) is 3.02. The first-order valence-corrected chi connectivity index (χ1v) is 20.6. The minimum atomic E-state index is -1.58. The van der Waals surface area contributed by atoms with Gasteiger partial charge in [0, 0.05) is 18.1 Å². The zero-order valence-corrected chi connectivity index (χ0v) is 25.7. The van der Waals surface area contributed by atoms with E-state index < -0.39 is 16.6 Å². The van der Waals surface area contributed by atoms with Gasteiger partial charge in [-0.15, -0.1) is 0 Å². The number of oxime groups is 1. The topological polar surface area (TPSA) is 40.0 Å². The summed E-state index contributed by atoms with van der Waals surface area (Å²) in [6, 6.07) is 0.